The lowest BCUT2D eigenvalue weighted by molar-refractivity contribution is -0.141. The number of carbonyl (C=O) groups is 2. The summed E-state index contributed by atoms with van der Waals surface area (Å²) < 4.78 is 13.0. The number of rotatable bonds is 4. The Bertz CT molecular complexity index is 702. The summed E-state index contributed by atoms with van der Waals surface area (Å²) in [5.41, 5.74) is 4.11. The molecule has 0 fully saturated rings. The van der Waals surface area contributed by atoms with E-state index in [-0.39, 0.29) is 5.78 Å². The molecule has 2 unspecified atom stereocenters. The van der Waals surface area contributed by atoms with Gasteiger partial charge in [0.15, 0.2) is 5.78 Å². The fourth-order valence-electron chi connectivity index (χ4n) is 2.87. The van der Waals surface area contributed by atoms with Crippen LogP contribution in [-0.4, -0.2) is 18.9 Å². The maximum absolute atomic E-state index is 13.0. The van der Waals surface area contributed by atoms with Crippen molar-refractivity contribution in [3.63, 3.8) is 0 Å². The molecule has 4 nitrogen and oxygen atoms in total. The molecule has 24 heavy (non-hydrogen) atoms. The normalized spacial score (nSPS) is 11.0. The summed E-state index contributed by atoms with van der Waals surface area (Å²) in [6.45, 7) is 5.78. The first-order chi connectivity index (χ1) is 11.5. The van der Waals surface area contributed by atoms with Gasteiger partial charge in [-0.3, -0.25) is 9.59 Å². The van der Waals surface area contributed by atoms with Crippen molar-refractivity contribution in [2.45, 2.75) is 26.7 Å². The second kappa shape index (κ2) is 9.09. The lowest BCUT2D eigenvalue weighted by Crippen LogP contribution is -2.24. The van der Waals surface area contributed by atoms with E-state index in [9.17, 15) is 9.59 Å². The fraction of sp³-hybridized carbons (Fsp3) is 0.263. The Morgan fingerprint density at radius 2 is 1.46 bits per heavy atom. The van der Waals surface area contributed by atoms with Gasteiger partial charge in [-0.25, -0.2) is 0 Å². The third-order valence-electron chi connectivity index (χ3n) is 3.76. The Kier molecular flexibility index (Phi) is 7.47. The SMILES string of the molecule is COC(=O)C(C(=O)c1c(C)cc(C)cc1C)c1ccccc1.O=[PH2+]. The highest BCUT2D eigenvalue weighted by Crippen LogP contribution is 2.27. The lowest BCUT2D eigenvalue weighted by atomic mass is 9.86. The number of carbonyl (C=O) groups excluding carboxylic acids is 2. The summed E-state index contributed by atoms with van der Waals surface area (Å²) in [6, 6.07) is 12.9. The highest BCUT2D eigenvalue weighted by Gasteiger charge is 2.31. The minimum Gasteiger partial charge on any atom is -0.468 e. The van der Waals surface area contributed by atoms with Crippen LogP contribution in [0.1, 0.15) is 38.5 Å². The zero-order chi connectivity index (χ0) is 18.3. The van der Waals surface area contributed by atoms with E-state index < -0.39 is 11.9 Å². The Hall–Kier alpha value is -2.32. The number of hydrogen-bond acceptors (Lipinski definition) is 4. The molecule has 2 rings (SSSR count). The number of methoxy groups -OCH3 is 1. The average molecular weight is 345 g/mol. The van der Waals surface area contributed by atoms with Crippen LogP contribution in [0, 0.1) is 20.8 Å². The summed E-state index contributed by atoms with van der Waals surface area (Å²) in [6.07, 6.45) is 0. The van der Waals surface area contributed by atoms with Gasteiger partial charge in [-0.2, -0.15) is 0 Å². The third kappa shape index (κ3) is 4.36. The zero-order valence-electron chi connectivity index (χ0n) is 14.3. The van der Waals surface area contributed by atoms with Gasteiger partial charge in [0.2, 0.25) is 0 Å². The van der Waals surface area contributed by atoms with Crippen molar-refractivity contribution < 1.29 is 18.9 Å². The average Bonchev–Trinajstić information content (AvgIpc) is 2.56. The van der Waals surface area contributed by atoms with Crippen molar-refractivity contribution in [3.05, 3.63) is 70.3 Å². The fourth-order valence-corrected chi connectivity index (χ4v) is 2.87. The number of ether oxygens (including phenoxy) is 1. The van der Waals surface area contributed by atoms with E-state index in [0.717, 1.165) is 16.7 Å². The molecule has 126 valence electrons. The minimum absolute atomic E-state index is 0.215. The molecule has 0 N–H and O–H groups in total. The molecule has 0 bridgehead atoms. The summed E-state index contributed by atoms with van der Waals surface area (Å²) in [7, 11) is 2.47. The van der Waals surface area contributed by atoms with Crippen LogP contribution in [0.2, 0.25) is 0 Å². The van der Waals surface area contributed by atoms with Crippen molar-refractivity contribution in [3.8, 4) is 0 Å². The van der Waals surface area contributed by atoms with E-state index in [1.807, 2.05) is 51.1 Å². The molecule has 5 heteroatoms. The van der Waals surface area contributed by atoms with Crippen LogP contribution in [-0.2, 0) is 14.1 Å². The molecule has 0 saturated carbocycles. The minimum atomic E-state index is -0.925. The van der Waals surface area contributed by atoms with Crippen LogP contribution < -0.4 is 0 Å². The van der Waals surface area contributed by atoms with Crippen molar-refractivity contribution >= 4 is 20.9 Å². The first kappa shape index (κ1) is 19.7. The predicted molar refractivity (Wildman–Crippen MR) is 96.6 cm³/mol. The Morgan fingerprint density at radius 1 is 0.958 bits per heavy atom. The van der Waals surface area contributed by atoms with E-state index in [1.54, 1.807) is 12.1 Å². The van der Waals surface area contributed by atoms with E-state index in [4.69, 9.17) is 9.30 Å². The van der Waals surface area contributed by atoms with Gasteiger partial charge in [0.25, 0.3) is 0 Å². The molecule has 2 aromatic carbocycles. The standard InChI is InChI=1S/C19H20O3.H2OP/c1-12-10-13(2)16(14(3)11-12)18(20)17(19(21)22-4)15-8-6-5-7-9-15;1-2/h5-11,17H,1-4H3;2H2/q;+1. The molecule has 0 aliphatic rings. The number of esters is 1. The van der Waals surface area contributed by atoms with Crippen LogP contribution in [0.15, 0.2) is 42.5 Å². The largest absolute Gasteiger partial charge is 0.468 e. The topological polar surface area (TPSA) is 60.4 Å². The highest BCUT2D eigenvalue weighted by atomic mass is 31.0. The molecule has 0 aromatic heterocycles. The predicted octanol–water partition coefficient (Wildman–Crippen LogP) is 3.96. The summed E-state index contributed by atoms with van der Waals surface area (Å²) in [4.78, 5) is 25.2. The maximum Gasteiger partial charge on any atom is 0.321 e. The molecule has 2 atom stereocenters. The first-order valence-electron chi connectivity index (χ1n) is 7.44. The van der Waals surface area contributed by atoms with E-state index in [1.165, 1.54) is 16.2 Å². The van der Waals surface area contributed by atoms with E-state index in [0.29, 0.717) is 11.1 Å². The summed E-state index contributed by atoms with van der Waals surface area (Å²) in [5, 5.41) is 0. The van der Waals surface area contributed by atoms with Crippen molar-refractivity contribution in [1.82, 2.24) is 0 Å². The van der Waals surface area contributed by atoms with Gasteiger partial charge in [-0.1, -0.05) is 52.6 Å². The van der Waals surface area contributed by atoms with Crippen molar-refractivity contribution in [2.24, 2.45) is 0 Å². The van der Waals surface area contributed by atoms with Crippen molar-refractivity contribution in [1.29, 1.82) is 0 Å². The van der Waals surface area contributed by atoms with Gasteiger partial charge in [-0.15, -0.1) is 0 Å². The number of Topliss-reactive ketones (excluding diaryl/α,β-unsaturated/α-hetero) is 1. The number of hydrogen-bond donors (Lipinski definition) is 0. The summed E-state index contributed by atoms with van der Waals surface area (Å²) >= 11 is 0. The zero-order valence-corrected chi connectivity index (χ0v) is 15.5. The molecular formula is C19H22O4P+. The lowest BCUT2D eigenvalue weighted by Gasteiger charge is -2.17. The third-order valence-corrected chi connectivity index (χ3v) is 3.76. The molecule has 0 spiro atoms. The van der Waals surface area contributed by atoms with Crippen LogP contribution in [0.5, 0.6) is 0 Å². The van der Waals surface area contributed by atoms with Gasteiger partial charge in [0, 0.05) is 5.56 Å². The second-order valence-electron chi connectivity index (χ2n) is 5.50. The van der Waals surface area contributed by atoms with Gasteiger partial charge in [-0.05, 0) is 37.5 Å². The quantitative estimate of drug-likeness (QED) is 0.364. The van der Waals surface area contributed by atoms with Gasteiger partial charge in [0.05, 0.1) is 7.11 Å². The molecule has 0 amide bonds. The maximum atomic E-state index is 13.0. The second-order valence-corrected chi connectivity index (χ2v) is 5.50. The van der Waals surface area contributed by atoms with Crippen LogP contribution in [0.25, 0.3) is 0 Å². The number of aryl methyl sites for hydroxylation is 3. The molecule has 0 saturated heterocycles. The Balaban J connectivity index is 0.00000139. The molecule has 0 aliphatic heterocycles. The number of benzene rings is 2. The van der Waals surface area contributed by atoms with E-state index >= 15 is 0 Å². The Morgan fingerprint density at radius 3 is 1.92 bits per heavy atom. The highest BCUT2D eigenvalue weighted by molar-refractivity contribution is 7.00. The van der Waals surface area contributed by atoms with Gasteiger partial charge >= 0.3 is 15.1 Å². The first-order valence-corrected chi connectivity index (χ1v) is 7.91. The smallest absolute Gasteiger partial charge is 0.321 e. The monoisotopic (exact) mass is 345 g/mol. The molecule has 0 radical (unpaired) electrons. The molecule has 0 aliphatic carbocycles. The van der Waals surface area contributed by atoms with E-state index in [2.05, 4.69) is 0 Å². The van der Waals surface area contributed by atoms with Gasteiger partial charge in [0.1, 0.15) is 5.92 Å². The molecule has 2 aromatic rings. The molecule has 0 heterocycles. The van der Waals surface area contributed by atoms with Crippen LogP contribution in [0.4, 0.5) is 0 Å². The summed E-state index contributed by atoms with van der Waals surface area (Å²) in [5.74, 6) is -1.67. The van der Waals surface area contributed by atoms with Crippen LogP contribution >= 0.6 is 9.12 Å². The molecular weight excluding hydrogens is 323 g/mol. The van der Waals surface area contributed by atoms with Gasteiger partial charge < -0.3 is 4.74 Å². The van der Waals surface area contributed by atoms with Crippen molar-refractivity contribution in [2.75, 3.05) is 7.11 Å². The number of ketones is 1. The Labute approximate surface area is 144 Å². The van der Waals surface area contributed by atoms with Crippen LogP contribution in [0.3, 0.4) is 0 Å².